The normalized spacial score (nSPS) is 25.1. The van der Waals surface area contributed by atoms with Crippen molar-refractivity contribution in [1.29, 1.82) is 0 Å². The Morgan fingerprint density at radius 3 is 2.00 bits per heavy atom. The Morgan fingerprint density at radius 2 is 1.52 bits per heavy atom. The molecule has 1 N–H and O–H groups in total. The minimum Gasteiger partial charge on any atom is -0.465 e. The fraction of sp³-hybridized carbons (Fsp3) is 0.600. The maximum Gasteiger partial charge on any atom is 0.337 e. The molecule has 0 radical (unpaired) electrons. The zero-order valence-electron chi connectivity index (χ0n) is 20.1. The number of carbonyl (C=O) groups is 4. The summed E-state index contributed by atoms with van der Waals surface area (Å²) in [5, 5.41) is 11.1. The summed E-state index contributed by atoms with van der Waals surface area (Å²) in [6, 6.07) is 6.08. The largest absolute Gasteiger partial charge is 0.465 e. The van der Waals surface area contributed by atoms with Gasteiger partial charge < -0.3 is 19.3 Å². The zero-order chi connectivity index (χ0) is 24.9. The van der Waals surface area contributed by atoms with Gasteiger partial charge in [-0.05, 0) is 36.5 Å². The molecule has 182 valence electrons. The summed E-state index contributed by atoms with van der Waals surface area (Å²) in [7, 11) is 1.26. The van der Waals surface area contributed by atoms with E-state index in [1.54, 1.807) is 12.1 Å². The molecule has 4 atom stereocenters. The van der Waals surface area contributed by atoms with Gasteiger partial charge in [0.1, 0.15) is 5.92 Å². The number of esters is 3. The lowest BCUT2D eigenvalue weighted by Gasteiger charge is -2.43. The van der Waals surface area contributed by atoms with E-state index < -0.39 is 47.0 Å². The molecule has 0 saturated heterocycles. The van der Waals surface area contributed by atoms with Gasteiger partial charge >= 0.3 is 17.9 Å². The molecule has 4 unspecified atom stereocenters. The second-order valence-electron chi connectivity index (χ2n) is 9.64. The number of carbonyl (C=O) groups excluding carboxylic acids is 4. The van der Waals surface area contributed by atoms with Crippen LogP contribution in [0.25, 0.3) is 0 Å². The predicted octanol–water partition coefficient (Wildman–Crippen LogP) is 2.91. The number of Topliss-reactive ketones (excluding diaryl/α,β-unsaturated/α-hetero) is 1. The first-order valence-corrected chi connectivity index (χ1v) is 11.2. The summed E-state index contributed by atoms with van der Waals surface area (Å²) < 4.78 is 15.5. The second-order valence-corrected chi connectivity index (χ2v) is 9.64. The highest BCUT2D eigenvalue weighted by molar-refractivity contribution is 6.03. The second kappa shape index (κ2) is 10.9. The fourth-order valence-corrected chi connectivity index (χ4v) is 4.05. The summed E-state index contributed by atoms with van der Waals surface area (Å²) >= 11 is 0. The fourth-order valence-electron chi connectivity index (χ4n) is 4.05. The third-order valence-electron chi connectivity index (χ3n) is 5.61. The maximum absolute atomic E-state index is 13.1. The molecule has 2 rings (SSSR count). The Balaban J connectivity index is 2.55. The average molecular weight is 463 g/mol. The molecule has 0 aromatic heterocycles. The third kappa shape index (κ3) is 6.41. The highest BCUT2D eigenvalue weighted by Gasteiger charge is 2.57. The van der Waals surface area contributed by atoms with Crippen LogP contribution in [0.1, 0.15) is 62.9 Å². The number of hydrogen-bond donors (Lipinski definition) is 1. The Kier molecular flexibility index (Phi) is 8.77. The average Bonchev–Trinajstić information content (AvgIpc) is 2.74. The number of methoxy groups -OCH3 is 1. The van der Waals surface area contributed by atoms with Crippen LogP contribution in [-0.2, 0) is 28.6 Å². The van der Waals surface area contributed by atoms with Crippen molar-refractivity contribution >= 4 is 23.7 Å². The van der Waals surface area contributed by atoms with E-state index in [0.717, 1.165) is 0 Å². The number of ether oxygens (including phenoxy) is 3. The van der Waals surface area contributed by atoms with Crippen LogP contribution in [-0.4, -0.2) is 54.7 Å². The van der Waals surface area contributed by atoms with Crippen molar-refractivity contribution in [2.75, 3.05) is 20.3 Å². The van der Waals surface area contributed by atoms with Gasteiger partial charge in [-0.2, -0.15) is 0 Å². The summed E-state index contributed by atoms with van der Waals surface area (Å²) in [6.07, 6.45) is -0.382. The first kappa shape index (κ1) is 26.5. The highest BCUT2D eigenvalue weighted by Crippen LogP contribution is 2.46. The van der Waals surface area contributed by atoms with Crippen LogP contribution in [0.15, 0.2) is 24.3 Å². The van der Waals surface area contributed by atoms with Gasteiger partial charge in [-0.15, -0.1) is 0 Å². The van der Waals surface area contributed by atoms with E-state index in [-0.39, 0.29) is 37.0 Å². The number of benzene rings is 1. The van der Waals surface area contributed by atoms with Gasteiger partial charge in [0.15, 0.2) is 5.78 Å². The molecule has 1 fully saturated rings. The minimum absolute atomic E-state index is 0.0559. The summed E-state index contributed by atoms with van der Waals surface area (Å²) in [4.78, 5) is 51.0. The molecule has 33 heavy (non-hydrogen) atoms. The van der Waals surface area contributed by atoms with Gasteiger partial charge in [0.25, 0.3) is 0 Å². The highest BCUT2D eigenvalue weighted by atomic mass is 16.5. The monoisotopic (exact) mass is 462 g/mol. The predicted molar refractivity (Wildman–Crippen MR) is 119 cm³/mol. The lowest BCUT2D eigenvalue weighted by Crippen LogP contribution is -2.55. The summed E-state index contributed by atoms with van der Waals surface area (Å²) in [5.41, 5.74) is -1.02. The van der Waals surface area contributed by atoms with Gasteiger partial charge in [-0.1, -0.05) is 39.8 Å². The molecular weight excluding hydrogens is 428 g/mol. The molecule has 8 heteroatoms. The first-order valence-electron chi connectivity index (χ1n) is 11.2. The summed E-state index contributed by atoms with van der Waals surface area (Å²) in [6.45, 7) is 9.16. The number of aliphatic hydroxyl groups is 1. The maximum atomic E-state index is 13.1. The molecule has 8 nitrogen and oxygen atoms in total. The Morgan fingerprint density at radius 1 is 1.00 bits per heavy atom. The van der Waals surface area contributed by atoms with E-state index in [1.165, 1.54) is 26.2 Å². The number of hydrogen-bond acceptors (Lipinski definition) is 8. The van der Waals surface area contributed by atoms with Gasteiger partial charge in [-0.3, -0.25) is 14.4 Å². The van der Waals surface area contributed by atoms with E-state index in [1.807, 2.05) is 27.7 Å². The smallest absolute Gasteiger partial charge is 0.337 e. The van der Waals surface area contributed by atoms with Crippen LogP contribution in [0.2, 0.25) is 0 Å². The summed E-state index contributed by atoms with van der Waals surface area (Å²) in [5.74, 6) is -5.86. The minimum atomic E-state index is -1.73. The molecule has 0 aliphatic heterocycles. The van der Waals surface area contributed by atoms with E-state index >= 15 is 0 Å². The van der Waals surface area contributed by atoms with Crippen LogP contribution in [0.3, 0.4) is 0 Å². The lowest BCUT2D eigenvalue weighted by atomic mass is 9.61. The molecule has 1 aromatic carbocycles. The molecule has 0 spiro atoms. The SMILES string of the molecule is COC(=O)c1ccc(C2C(C(=O)OCC(C)C)C(=O)CC(C)(O)C2C(=O)OCC(C)C)cc1. The number of ketones is 1. The van der Waals surface area contributed by atoms with Crippen LogP contribution in [0.5, 0.6) is 0 Å². The molecular formula is C25H34O8. The molecule has 1 saturated carbocycles. The van der Waals surface area contributed by atoms with Crippen molar-refractivity contribution in [3.05, 3.63) is 35.4 Å². The van der Waals surface area contributed by atoms with Gasteiger partial charge in [-0.25, -0.2) is 4.79 Å². The van der Waals surface area contributed by atoms with Crippen LogP contribution in [0.4, 0.5) is 0 Å². The van der Waals surface area contributed by atoms with E-state index in [4.69, 9.17) is 14.2 Å². The van der Waals surface area contributed by atoms with Crippen molar-refractivity contribution in [3.63, 3.8) is 0 Å². The molecule has 1 aromatic rings. The van der Waals surface area contributed by atoms with Gasteiger partial charge in [0.2, 0.25) is 0 Å². The molecule has 0 amide bonds. The van der Waals surface area contributed by atoms with Crippen LogP contribution in [0, 0.1) is 23.7 Å². The van der Waals surface area contributed by atoms with Gasteiger partial charge in [0.05, 0.1) is 37.4 Å². The van der Waals surface area contributed by atoms with Gasteiger partial charge in [0, 0.05) is 12.3 Å². The molecule has 0 bridgehead atoms. The Bertz CT molecular complexity index is 869. The molecule has 1 aliphatic carbocycles. The van der Waals surface area contributed by atoms with Crippen molar-refractivity contribution in [1.82, 2.24) is 0 Å². The van der Waals surface area contributed by atoms with Crippen molar-refractivity contribution in [3.8, 4) is 0 Å². The molecule has 1 aliphatic rings. The van der Waals surface area contributed by atoms with E-state index in [9.17, 15) is 24.3 Å². The van der Waals surface area contributed by atoms with E-state index in [0.29, 0.717) is 5.56 Å². The number of rotatable bonds is 8. The van der Waals surface area contributed by atoms with Crippen LogP contribution < -0.4 is 0 Å². The van der Waals surface area contributed by atoms with Crippen LogP contribution >= 0.6 is 0 Å². The van der Waals surface area contributed by atoms with Crippen molar-refractivity contribution < 1.29 is 38.5 Å². The van der Waals surface area contributed by atoms with E-state index in [2.05, 4.69) is 0 Å². The van der Waals surface area contributed by atoms with Crippen molar-refractivity contribution in [2.24, 2.45) is 23.7 Å². The van der Waals surface area contributed by atoms with Crippen molar-refractivity contribution in [2.45, 2.75) is 52.6 Å². The zero-order valence-corrected chi connectivity index (χ0v) is 20.1. The standard InChI is InChI=1S/C25H34O8/c1-14(2)12-32-23(28)20-18(26)11-25(5,30)21(24(29)33-13-15(3)4)19(20)16-7-9-17(10-8-16)22(27)31-6/h7-10,14-15,19-21,30H,11-13H2,1-6H3. The lowest BCUT2D eigenvalue weighted by molar-refractivity contribution is -0.174. The quantitative estimate of drug-likeness (QED) is 0.356. The topological polar surface area (TPSA) is 116 Å². The Hall–Kier alpha value is -2.74. The third-order valence-corrected chi connectivity index (χ3v) is 5.61. The Labute approximate surface area is 194 Å². The molecule has 0 heterocycles. The first-order chi connectivity index (χ1) is 15.4.